The summed E-state index contributed by atoms with van der Waals surface area (Å²) in [5.74, 6) is 0. The summed E-state index contributed by atoms with van der Waals surface area (Å²) >= 11 is 0. The molecule has 1 heterocycles. The van der Waals surface area contributed by atoms with Gasteiger partial charge in [-0.15, -0.1) is 0 Å². The van der Waals surface area contributed by atoms with E-state index in [1.807, 2.05) is 18.9 Å². The normalized spacial score (nSPS) is 22.1. The summed E-state index contributed by atoms with van der Waals surface area (Å²) in [6, 6.07) is 0.113. The van der Waals surface area contributed by atoms with Crippen LogP contribution in [0.1, 0.15) is 13.3 Å². The van der Waals surface area contributed by atoms with Crippen LogP contribution in [0.2, 0.25) is 0 Å². The van der Waals surface area contributed by atoms with Crippen molar-refractivity contribution in [2.45, 2.75) is 19.4 Å². The Bertz CT molecular complexity index is 184. The molecule has 1 aliphatic heterocycles. The van der Waals surface area contributed by atoms with Crippen LogP contribution in [0.25, 0.3) is 0 Å². The van der Waals surface area contributed by atoms with E-state index in [1.165, 1.54) is 0 Å². The van der Waals surface area contributed by atoms with Crippen molar-refractivity contribution in [2.75, 3.05) is 33.8 Å². The van der Waals surface area contributed by atoms with Crippen LogP contribution in [0.3, 0.4) is 0 Å². The van der Waals surface area contributed by atoms with Crippen molar-refractivity contribution in [3.05, 3.63) is 0 Å². The Kier molecular flexibility index (Phi) is 3.54. The van der Waals surface area contributed by atoms with Gasteiger partial charge >= 0.3 is 6.03 Å². The van der Waals surface area contributed by atoms with E-state index in [-0.39, 0.29) is 12.1 Å². The molecule has 2 amide bonds. The van der Waals surface area contributed by atoms with Crippen molar-refractivity contribution in [1.29, 1.82) is 0 Å². The average Bonchev–Trinajstić information content (AvgIpc) is 2.63. The summed E-state index contributed by atoms with van der Waals surface area (Å²) in [4.78, 5) is 15.2. The van der Waals surface area contributed by atoms with Gasteiger partial charge in [-0.1, -0.05) is 0 Å². The standard InChI is InChI=1S/C9H18N2O2/c1-4-10(2)9(12)11-6-5-8(7-11)13-3/h8H,4-7H2,1-3H3. The Morgan fingerprint density at radius 3 is 2.85 bits per heavy atom. The van der Waals surface area contributed by atoms with E-state index in [1.54, 1.807) is 12.0 Å². The minimum absolute atomic E-state index is 0.113. The molecule has 76 valence electrons. The van der Waals surface area contributed by atoms with Crippen LogP contribution in [-0.2, 0) is 4.74 Å². The van der Waals surface area contributed by atoms with Crippen molar-refractivity contribution in [1.82, 2.24) is 9.80 Å². The quantitative estimate of drug-likeness (QED) is 0.638. The zero-order valence-corrected chi connectivity index (χ0v) is 8.62. The molecule has 4 heteroatoms. The SMILES string of the molecule is CCN(C)C(=O)N1CCC(OC)C1. The van der Waals surface area contributed by atoms with Crippen LogP contribution < -0.4 is 0 Å². The van der Waals surface area contributed by atoms with Gasteiger partial charge in [0.1, 0.15) is 0 Å². The molecule has 4 nitrogen and oxygen atoms in total. The first kappa shape index (κ1) is 10.3. The molecule has 0 aliphatic carbocycles. The van der Waals surface area contributed by atoms with Crippen molar-refractivity contribution < 1.29 is 9.53 Å². The average molecular weight is 186 g/mol. The number of carbonyl (C=O) groups is 1. The topological polar surface area (TPSA) is 32.8 Å². The first-order valence-corrected chi connectivity index (χ1v) is 4.71. The Hall–Kier alpha value is -0.770. The lowest BCUT2D eigenvalue weighted by molar-refractivity contribution is 0.107. The second-order valence-electron chi connectivity index (χ2n) is 3.39. The summed E-state index contributed by atoms with van der Waals surface area (Å²) in [6.45, 7) is 4.29. The lowest BCUT2D eigenvalue weighted by Crippen LogP contribution is -2.40. The molecule has 0 N–H and O–H groups in total. The van der Waals surface area contributed by atoms with E-state index < -0.39 is 0 Å². The van der Waals surface area contributed by atoms with E-state index in [4.69, 9.17) is 4.74 Å². The van der Waals surface area contributed by atoms with Crippen LogP contribution in [0.15, 0.2) is 0 Å². The highest BCUT2D eigenvalue weighted by Gasteiger charge is 2.27. The van der Waals surface area contributed by atoms with Crippen molar-refractivity contribution in [2.24, 2.45) is 0 Å². The van der Waals surface area contributed by atoms with Gasteiger partial charge < -0.3 is 14.5 Å². The molecular formula is C9H18N2O2. The fraction of sp³-hybridized carbons (Fsp3) is 0.889. The Morgan fingerprint density at radius 2 is 2.38 bits per heavy atom. The number of rotatable bonds is 2. The van der Waals surface area contributed by atoms with E-state index >= 15 is 0 Å². The van der Waals surface area contributed by atoms with Gasteiger partial charge in [0.15, 0.2) is 0 Å². The van der Waals surface area contributed by atoms with Crippen LogP contribution in [-0.4, -0.2) is 55.7 Å². The third-order valence-electron chi connectivity index (χ3n) is 2.55. The summed E-state index contributed by atoms with van der Waals surface area (Å²) in [5.41, 5.74) is 0. The molecule has 0 aromatic carbocycles. The highest BCUT2D eigenvalue weighted by molar-refractivity contribution is 5.74. The Balaban J connectivity index is 2.41. The second-order valence-corrected chi connectivity index (χ2v) is 3.39. The molecule has 0 aromatic heterocycles. The zero-order chi connectivity index (χ0) is 9.84. The zero-order valence-electron chi connectivity index (χ0n) is 8.62. The lowest BCUT2D eigenvalue weighted by Gasteiger charge is -2.23. The molecule has 1 aliphatic rings. The molecule has 0 bridgehead atoms. The van der Waals surface area contributed by atoms with Crippen molar-refractivity contribution >= 4 is 6.03 Å². The number of nitrogens with zero attached hydrogens (tertiary/aromatic N) is 2. The van der Waals surface area contributed by atoms with Gasteiger partial charge in [-0.05, 0) is 13.3 Å². The van der Waals surface area contributed by atoms with Crippen LogP contribution in [0.5, 0.6) is 0 Å². The van der Waals surface area contributed by atoms with Crippen LogP contribution >= 0.6 is 0 Å². The summed E-state index contributed by atoms with van der Waals surface area (Å²) in [7, 11) is 3.52. The number of hydrogen-bond acceptors (Lipinski definition) is 2. The molecule has 1 unspecified atom stereocenters. The minimum Gasteiger partial charge on any atom is -0.380 e. The number of carbonyl (C=O) groups excluding carboxylic acids is 1. The maximum Gasteiger partial charge on any atom is 0.319 e. The highest BCUT2D eigenvalue weighted by Crippen LogP contribution is 2.13. The van der Waals surface area contributed by atoms with Gasteiger partial charge in [0.2, 0.25) is 0 Å². The van der Waals surface area contributed by atoms with Crippen molar-refractivity contribution in [3.8, 4) is 0 Å². The monoisotopic (exact) mass is 186 g/mol. The molecule has 0 radical (unpaired) electrons. The summed E-state index contributed by atoms with van der Waals surface area (Å²) < 4.78 is 5.19. The van der Waals surface area contributed by atoms with E-state index in [2.05, 4.69) is 0 Å². The largest absolute Gasteiger partial charge is 0.380 e. The smallest absolute Gasteiger partial charge is 0.319 e. The maximum atomic E-state index is 11.6. The number of likely N-dealkylation sites (tertiary alicyclic amines) is 1. The molecule has 1 rings (SSSR count). The van der Waals surface area contributed by atoms with Crippen molar-refractivity contribution in [3.63, 3.8) is 0 Å². The Morgan fingerprint density at radius 1 is 1.69 bits per heavy atom. The molecule has 13 heavy (non-hydrogen) atoms. The number of ether oxygens (including phenoxy) is 1. The van der Waals surface area contributed by atoms with Gasteiger partial charge in [0.25, 0.3) is 0 Å². The first-order valence-electron chi connectivity index (χ1n) is 4.71. The van der Waals surface area contributed by atoms with Crippen LogP contribution in [0.4, 0.5) is 4.79 Å². The van der Waals surface area contributed by atoms with E-state index in [0.717, 1.165) is 26.1 Å². The summed E-state index contributed by atoms with van der Waals surface area (Å²) in [6.07, 6.45) is 1.19. The predicted octanol–water partition coefficient (Wildman–Crippen LogP) is 0.779. The maximum absolute atomic E-state index is 11.6. The highest BCUT2D eigenvalue weighted by atomic mass is 16.5. The lowest BCUT2D eigenvalue weighted by atomic mass is 10.3. The van der Waals surface area contributed by atoms with Crippen LogP contribution in [0, 0.1) is 0 Å². The van der Waals surface area contributed by atoms with Gasteiger partial charge in [0.05, 0.1) is 6.10 Å². The number of methoxy groups -OCH3 is 1. The molecule has 0 spiro atoms. The molecule has 0 aromatic rings. The number of amides is 2. The number of urea groups is 1. The third-order valence-corrected chi connectivity index (χ3v) is 2.55. The molecular weight excluding hydrogens is 168 g/mol. The van der Waals surface area contributed by atoms with Gasteiger partial charge in [0, 0.05) is 33.8 Å². The molecule has 1 fully saturated rings. The van der Waals surface area contributed by atoms with Gasteiger partial charge in [-0.3, -0.25) is 0 Å². The first-order chi connectivity index (χ1) is 6.19. The van der Waals surface area contributed by atoms with E-state index in [9.17, 15) is 4.79 Å². The predicted molar refractivity (Wildman–Crippen MR) is 50.7 cm³/mol. The Labute approximate surface area is 79.4 Å². The second kappa shape index (κ2) is 4.46. The molecule has 1 atom stereocenters. The minimum atomic E-state index is 0.113. The summed E-state index contributed by atoms with van der Waals surface area (Å²) in [5, 5.41) is 0. The van der Waals surface area contributed by atoms with Gasteiger partial charge in [-0.2, -0.15) is 0 Å². The third kappa shape index (κ3) is 2.34. The molecule has 1 saturated heterocycles. The number of hydrogen-bond donors (Lipinski definition) is 0. The fourth-order valence-electron chi connectivity index (χ4n) is 1.47. The molecule has 0 saturated carbocycles. The fourth-order valence-corrected chi connectivity index (χ4v) is 1.47. The van der Waals surface area contributed by atoms with E-state index in [0.29, 0.717) is 0 Å². The van der Waals surface area contributed by atoms with Gasteiger partial charge in [-0.25, -0.2) is 4.79 Å².